The van der Waals surface area contributed by atoms with Crippen molar-refractivity contribution in [3.63, 3.8) is 0 Å². The molecule has 5 nitrogen and oxygen atoms in total. The molecule has 0 unspecified atom stereocenters. The number of hydrogen-bond donors (Lipinski definition) is 0. The van der Waals surface area contributed by atoms with Gasteiger partial charge in [-0.2, -0.15) is 4.31 Å². The molecule has 110 valence electrons. The van der Waals surface area contributed by atoms with Crippen molar-refractivity contribution < 1.29 is 13.2 Å². The Morgan fingerprint density at radius 2 is 2.11 bits per heavy atom. The molecule has 0 spiro atoms. The Balaban J connectivity index is 3.07. The number of ether oxygens (including phenoxy) is 1. The molecular weight excluding hydrogens is 288 g/mol. The highest BCUT2D eigenvalue weighted by Crippen LogP contribution is 2.20. The molecule has 1 rings (SSSR count). The van der Waals surface area contributed by atoms with Crippen LogP contribution in [0.5, 0.6) is 0 Å². The van der Waals surface area contributed by atoms with E-state index in [0.717, 1.165) is 5.69 Å². The third kappa shape index (κ3) is 3.72. The smallest absolute Gasteiger partial charge is 0.244 e. The van der Waals surface area contributed by atoms with Gasteiger partial charge < -0.3 is 9.30 Å². The Morgan fingerprint density at radius 1 is 1.42 bits per heavy atom. The third-order valence-electron chi connectivity index (χ3n) is 2.97. The highest BCUT2D eigenvalue weighted by Gasteiger charge is 2.24. The molecule has 1 aromatic heterocycles. The van der Waals surface area contributed by atoms with Crippen molar-refractivity contribution in [2.45, 2.75) is 31.2 Å². The molecule has 0 atom stereocenters. The van der Waals surface area contributed by atoms with Gasteiger partial charge in [-0.05, 0) is 13.0 Å². The van der Waals surface area contributed by atoms with Crippen molar-refractivity contribution in [1.29, 1.82) is 0 Å². The maximum absolute atomic E-state index is 12.5. The van der Waals surface area contributed by atoms with Gasteiger partial charge >= 0.3 is 0 Å². The molecule has 1 heterocycles. The quantitative estimate of drug-likeness (QED) is 0.689. The molecule has 0 saturated heterocycles. The van der Waals surface area contributed by atoms with Gasteiger partial charge in [0.1, 0.15) is 4.90 Å². The number of methoxy groups -OCH3 is 1. The van der Waals surface area contributed by atoms with Gasteiger partial charge in [0.15, 0.2) is 0 Å². The minimum atomic E-state index is -3.47. The molecule has 1 aromatic rings. The molecule has 0 bridgehead atoms. The van der Waals surface area contributed by atoms with Gasteiger partial charge in [-0.15, -0.1) is 11.6 Å². The fourth-order valence-corrected chi connectivity index (χ4v) is 3.59. The zero-order valence-corrected chi connectivity index (χ0v) is 13.2. The predicted molar refractivity (Wildman–Crippen MR) is 76.0 cm³/mol. The number of aryl methyl sites for hydroxylation is 1. The predicted octanol–water partition coefficient (Wildman–Crippen LogP) is 1.90. The van der Waals surface area contributed by atoms with Crippen LogP contribution in [-0.2, 0) is 27.2 Å². The Labute approximate surface area is 120 Å². The van der Waals surface area contributed by atoms with Gasteiger partial charge in [-0.3, -0.25) is 0 Å². The summed E-state index contributed by atoms with van der Waals surface area (Å²) < 4.78 is 33.2. The number of rotatable bonds is 8. The molecule has 0 aliphatic carbocycles. The standard InChI is InChI=1S/C12H21ClN2O3S/c1-4-14-10-12(8-11(14)9-13)19(16,17)15(5-2)6-7-18-3/h8,10H,4-7,9H2,1-3H3. The summed E-state index contributed by atoms with van der Waals surface area (Å²) in [6, 6.07) is 1.64. The lowest BCUT2D eigenvalue weighted by Crippen LogP contribution is -2.33. The summed E-state index contributed by atoms with van der Waals surface area (Å²) in [6.45, 7) is 5.61. The van der Waals surface area contributed by atoms with Gasteiger partial charge in [-0.1, -0.05) is 6.92 Å². The van der Waals surface area contributed by atoms with E-state index in [4.69, 9.17) is 16.3 Å². The summed E-state index contributed by atoms with van der Waals surface area (Å²) in [5.41, 5.74) is 0.811. The first-order valence-corrected chi connectivity index (χ1v) is 8.22. The molecule has 0 aromatic carbocycles. The van der Waals surface area contributed by atoms with E-state index in [-0.39, 0.29) is 0 Å². The fraction of sp³-hybridized carbons (Fsp3) is 0.667. The van der Waals surface area contributed by atoms with Crippen LogP contribution in [-0.4, -0.2) is 44.1 Å². The van der Waals surface area contributed by atoms with Crippen molar-refractivity contribution in [1.82, 2.24) is 8.87 Å². The summed E-state index contributed by atoms with van der Waals surface area (Å²) in [7, 11) is -1.92. The zero-order chi connectivity index (χ0) is 14.5. The topological polar surface area (TPSA) is 51.5 Å². The van der Waals surface area contributed by atoms with E-state index >= 15 is 0 Å². The highest BCUT2D eigenvalue weighted by atomic mass is 35.5. The van der Waals surface area contributed by atoms with E-state index in [1.807, 2.05) is 18.4 Å². The van der Waals surface area contributed by atoms with Crippen LogP contribution in [0.2, 0.25) is 0 Å². The average Bonchev–Trinajstić information content (AvgIpc) is 2.83. The van der Waals surface area contributed by atoms with Gasteiger partial charge in [0.2, 0.25) is 10.0 Å². The normalized spacial score (nSPS) is 12.3. The van der Waals surface area contributed by atoms with E-state index < -0.39 is 10.0 Å². The van der Waals surface area contributed by atoms with Crippen molar-refractivity contribution in [3.8, 4) is 0 Å². The van der Waals surface area contributed by atoms with E-state index in [1.54, 1.807) is 19.4 Å². The molecule has 0 aliphatic rings. The maximum atomic E-state index is 12.5. The fourth-order valence-electron chi connectivity index (χ4n) is 1.86. The monoisotopic (exact) mass is 308 g/mol. The van der Waals surface area contributed by atoms with Gasteiger partial charge in [0.05, 0.1) is 12.5 Å². The van der Waals surface area contributed by atoms with Gasteiger partial charge in [0.25, 0.3) is 0 Å². The summed E-state index contributed by atoms with van der Waals surface area (Å²) in [5.74, 6) is 0.299. The van der Waals surface area contributed by atoms with Gasteiger partial charge in [0, 0.05) is 38.6 Å². The lowest BCUT2D eigenvalue weighted by molar-refractivity contribution is 0.180. The van der Waals surface area contributed by atoms with Crippen LogP contribution in [0.1, 0.15) is 19.5 Å². The van der Waals surface area contributed by atoms with Crippen molar-refractivity contribution in [2.75, 3.05) is 26.8 Å². The van der Waals surface area contributed by atoms with Crippen molar-refractivity contribution in [2.24, 2.45) is 0 Å². The molecular formula is C12H21ClN2O3S. The molecule has 0 amide bonds. The van der Waals surface area contributed by atoms with E-state index in [0.29, 0.717) is 37.0 Å². The first kappa shape index (κ1) is 16.5. The average molecular weight is 309 g/mol. The van der Waals surface area contributed by atoms with Crippen LogP contribution in [0.25, 0.3) is 0 Å². The summed E-state index contributed by atoms with van der Waals surface area (Å²) >= 11 is 5.82. The highest BCUT2D eigenvalue weighted by molar-refractivity contribution is 7.89. The lowest BCUT2D eigenvalue weighted by Gasteiger charge is -2.19. The molecule has 0 saturated carbocycles. The second-order valence-electron chi connectivity index (χ2n) is 4.08. The maximum Gasteiger partial charge on any atom is 0.244 e. The van der Waals surface area contributed by atoms with Crippen LogP contribution < -0.4 is 0 Å². The third-order valence-corrected chi connectivity index (χ3v) is 5.19. The van der Waals surface area contributed by atoms with Crippen LogP contribution in [0.3, 0.4) is 0 Å². The van der Waals surface area contributed by atoms with E-state index in [1.165, 1.54) is 4.31 Å². The Kier molecular flexibility index (Phi) is 6.32. The molecule has 0 radical (unpaired) electrons. The minimum absolute atomic E-state index is 0.294. The first-order valence-electron chi connectivity index (χ1n) is 6.25. The number of nitrogens with zero attached hydrogens (tertiary/aromatic N) is 2. The Bertz CT molecular complexity index is 478. The second-order valence-corrected chi connectivity index (χ2v) is 6.28. The number of alkyl halides is 1. The Hall–Kier alpha value is -0.560. The lowest BCUT2D eigenvalue weighted by atomic mass is 10.5. The SMILES string of the molecule is CCN(CCOC)S(=O)(=O)c1cc(CCl)n(CC)c1. The van der Waals surface area contributed by atoms with Crippen LogP contribution >= 0.6 is 11.6 Å². The Morgan fingerprint density at radius 3 is 2.53 bits per heavy atom. The molecule has 19 heavy (non-hydrogen) atoms. The van der Waals surface area contributed by atoms with Crippen LogP contribution in [0, 0.1) is 0 Å². The summed E-state index contributed by atoms with van der Waals surface area (Å²) in [4.78, 5) is 0.294. The van der Waals surface area contributed by atoms with Crippen molar-refractivity contribution in [3.05, 3.63) is 18.0 Å². The zero-order valence-electron chi connectivity index (χ0n) is 11.6. The van der Waals surface area contributed by atoms with Crippen LogP contribution in [0.15, 0.2) is 17.2 Å². The largest absolute Gasteiger partial charge is 0.383 e. The number of aromatic nitrogens is 1. The van der Waals surface area contributed by atoms with E-state index in [9.17, 15) is 8.42 Å². The first-order chi connectivity index (χ1) is 9.01. The van der Waals surface area contributed by atoms with Crippen LogP contribution in [0.4, 0.5) is 0 Å². The molecule has 7 heteroatoms. The summed E-state index contributed by atoms with van der Waals surface area (Å²) in [6.07, 6.45) is 1.64. The minimum Gasteiger partial charge on any atom is -0.383 e. The molecule has 0 aliphatic heterocycles. The number of likely N-dealkylation sites (N-methyl/N-ethyl adjacent to an activating group) is 1. The van der Waals surface area contributed by atoms with Gasteiger partial charge in [-0.25, -0.2) is 8.42 Å². The number of halogens is 1. The molecule has 0 N–H and O–H groups in total. The molecule has 0 fully saturated rings. The van der Waals surface area contributed by atoms with Crippen molar-refractivity contribution >= 4 is 21.6 Å². The second kappa shape index (κ2) is 7.28. The number of hydrogen-bond acceptors (Lipinski definition) is 3. The van der Waals surface area contributed by atoms with E-state index in [2.05, 4.69) is 0 Å². The number of sulfonamides is 1. The summed E-state index contributed by atoms with van der Waals surface area (Å²) in [5, 5.41) is 0.